The Morgan fingerprint density at radius 3 is 1.58 bits per heavy atom. The summed E-state index contributed by atoms with van der Waals surface area (Å²) in [5, 5.41) is 0. The lowest BCUT2D eigenvalue weighted by atomic mass is 10.5. The standard InChI is InChI=1S/C10H24Si2/c1-10(12(5,6)7)8-9-11(2,3)4/h8-10H,1-7H3/b9-8-. The van der Waals surface area contributed by atoms with Gasteiger partial charge in [0.2, 0.25) is 0 Å². The van der Waals surface area contributed by atoms with Crippen LogP contribution >= 0.6 is 0 Å². The maximum atomic E-state index is 2.48. The first-order valence-electron chi connectivity index (χ1n) is 4.82. The van der Waals surface area contributed by atoms with Crippen LogP contribution in [0.2, 0.25) is 44.8 Å². The van der Waals surface area contributed by atoms with Gasteiger partial charge in [0.1, 0.15) is 0 Å². The second-order valence-corrected chi connectivity index (χ2v) is 16.6. The molecule has 2 heteroatoms. The Morgan fingerprint density at radius 1 is 0.917 bits per heavy atom. The van der Waals surface area contributed by atoms with E-state index in [2.05, 4.69) is 58.0 Å². The van der Waals surface area contributed by atoms with Crippen molar-refractivity contribution in [2.45, 2.75) is 51.7 Å². The lowest BCUT2D eigenvalue weighted by molar-refractivity contribution is 1.13. The minimum absolute atomic E-state index is 0.823. The van der Waals surface area contributed by atoms with Crippen LogP contribution in [-0.2, 0) is 0 Å². The highest BCUT2D eigenvalue weighted by Gasteiger charge is 2.20. The fourth-order valence-corrected chi connectivity index (χ4v) is 2.45. The molecule has 0 rings (SSSR count). The third kappa shape index (κ3) is 5.78. The summed E-state index contributed by atoms with van der Waals surface area (Å²) in [6.45, 7) is 16.8. The van der Waals surface area contributed by atoms with Gasteiger partial charge in [-0.05, 0) is 5.54 Å². The summed E-state index contributed by atoms with van der Waals surface area (Å²) in [6, 6.07) is 0. The highest BCUT2D eigenvalue weighted by atomic mass is 28.3. The lowest BCUT2D eigenvalue weighted by Gasteiger charge is -2.23. The molecule has 0 nitrogen and oxygen atoms in total. The van der Waals surface area contributed by atoms with Crippen LogP contribution in [0.1, 0.15) is 6.92 Å². The molecule has 0 aliphatic heterocycles. The van der Waals surface area contributed by atoms with Gasteiger partial charge in [0, 0.05) is 0 Å². The van der Waals surface area contributed by atoms with E-state index in [1.165, 1.54) is 0 Å². The van der Waals surface area contributed by atoms with Crippen LogP contribution in [0.15, 0.2) is 11.8 Å². The van der Waals surface area contributed by atoms with Crippen molar-refractivity contribution >= 4 is 16.1 Å². The first-order valence-corrected chi connectivity index (χ1v) is 12.0. The van der Waals surface area contributed by atoms with Crippen molar-refractivity contribution in [1.29, 1.82) is 0 Å². The van der Waals surface area contributed by atoms with Gasteiger partial charge in [-0.15, -0.1) is 0 Å². The first-order chi connectivity index (χ1) is 5.13. The fourth-order valence-electron chi connectivity index (χ4n) is 0.722. The summed E-state index contributed by atoms with van der Waals surface area (Å²) in [7, 11) is -1.88. The average molecular weight is 200 g/mol. The lowest BCUT2D eigenvalue weighted by Crippen LogP contribution is -2.25. The molecule has 0 bridgehead atoms. The van der Waals surface area contributed by atoms with Crippen LogP contribution in [-0.4, -0.2) is 16.1 Å². The summed E-state index contributed by atoms with van der Waals surface area (Å²) in [4.78, 5) is 0. The Labute approximate surface area is 80.1 Å². The van der Waals surface area contributed by atoms with Crippen molar-refractivity contribution in [2.75, 3.05) is 0 Å². The van der Waals surface area contributed by atoms with E-state index in [0.717, 1.165) is 5.54 Å². The number of rotatable bonds is 3. The Kier molecular flexibility index (Phi) is 3.98. The number of allylic oxidation sites excluding steroid dienone is 1. The van der Waals surface area contributed by atoms with E-state index in [9.17, 15) is 0 Å². The van der Waals surface area contributed by atoms with Gasteiger partial charge >= 0.3 is 0 Å². The zero-order valence-corrected chi connectivity index (χ0v) is 11.7. The topological polar surface area (TPSA) is 0 Å². The highest BCUT2D eigenvalue weighted by molar-refractivity contribution is 6.81. The smallest absolute Gasteiger partial charge is 0.0682 e. The maximum Gasteiger partial charge on any atom is 0.0682 e. The molecule has 0 fully saturated rings. The van der Waals surface area contributed by atoms with Crippen molar-refractivity contribution < 1.29 is 0 Å². The van der Waals surface area contributed by atoms with Crippen molar-refractivity contribution in [1.82, 2.24) is 0 Å². The Bertz CT molecular complexity index is 158. The van der Waals surface area contributed by atoms with Gasteiger partial charge in [-0.1, -0.05) is 58.0 Å². The highest BCUT2D eigenvalue weighted by Crippen LogP contribution is 2.22. The summed E-state index contributed by atoms with van der Waals surface area (Å²) < 4.78 is 0. The van der Waals surface area contributed by atoms with Gasteiger partial charge in [-0.25, -0.2) is 0 Å². The van der Waals surface area contributed by atoms with E-state index in [1.54, 1.807) is 0 Å². The second kappa shape index (κ2) is 3.92. The summed E-state index contributed by atoms with van der Waals surface area (Å²) in [5.41, 5.74) is 3.31. The van der Waals surface area contributed by atoms with E-state index < -0.39 is 16.1 Å². The third-order valence-electron chi connectivity index (χ3n) is 2.25. The largest absolute Gasteiger partial charge is 0.0989 e. The molecule has 0 aromatic carbocycles. The van der Waals surface area contributed by atoms with Crippen LogP contribution in [0, 0.1) is 0 Å². The molecule has 1 unspecified atom stereocenters. The van der Waals surface area contributed by atoms with Crippen LogP contribution in [0.5, 0.6) is 0 Å². The molecule has 12 heavy (non-hydrogen) atoms. The molecule has 0 aliphatic carbocycles. The minimum atomic E-state index is -0.957. The molecule has 0 spiro atoms. The van der Waals surface area contributed by atoms with Gasteiger partial charge < -0.3 is 0 Å². The van der Waals surface area contributed by atoms with Gasteiger partial charge in [0.05, 0.1) is 16.1 Å². The minimum Gasteiger partial charge on any atom is -0.0989 e. The van der Waals surface area contributed by atoms with E-state index in [4.69, 9.17) is 0 Å². The molecular weight excluding hydrogens is 176 g/mol. The van der Waals surface area contributed by atoms with Crippen molar-refractivity contribution in [3.63, 3.8) is 0 Å². The molecule has 1 atom stereocenters. The zero-order chi connectivity index (χ0) is 9.99. The quantitative estimate of drug-likeness (QED) is 0.601. The monoisotopic (exact) mass is 200 g/mol. The molecule has 72 valence electrons. The maximum absolute atomic E-state index is 2.48. The molecule has 0 amide bonds. The van der Waals surface area contributed by atoms with Crippen molar-refractivity contribution in [2.24, 2.45) is 0 Å². The fraction of sp³-hybridized carbons (Fsp3) is 0.800. The zero-order valence-electron chi connectivity index (χ0n) is 9.73. The first kappa shape index (κ1) is 12.2. The molecule has 0 saturated heterocycles. The molecule has 0 aromatic heterocycles. The van der Waals surface area contributed by atoms with E-state index in [-0.39, 0.29) is 0 Å². The van der Waals surface area contributed by atoms with Gasteiger partial charge in [0.15, 0.2) is 0 Å². The average Bonchev–Trinajstić information content (AvgIpc) is 1.78. The normalized spacial score (nSPS) is 16.9. The van der Waals surface area contributed by atoms with Gasteiger partial charge in [0.25, 0.3) is 0 Å². The molecule has 0 N–H and O–H groups in total. The molecule has 0 heterocycles. The summed E-state index contributed by atoms with van der Waals surface area (Å²) in [5.74, 6) is 0. The van der Waals surface area contributed by atoms with E-state index in [0.29, 0.717) is 0 Å². The van der Waals surface area contributed by atoms with Gasteiger partial charge in [-0.3, -0.25) is 0 Å². The van der Waals surface area contributed by atoms with Crippen molar-refractivity contribution in [3.8, 4) is 0 Å². The van der Waals surface area contributed by atoms with Crippen LogP contribution < -0.4 is 0 Å². The Hall–Kier alpha value is 0.174. The van der Waals surface area contributed by atoms with E-state index >= 15 is 0 Å². The van der Waals surface area contributed by atoms with Crippen LogP contribution in [0.4, 0.5) is 0 Å². The van der Waals surface area contributed by atoms with Crippen LogP contribution in [0.3, 0.4) is 0 Å². The summed E-state index contributed by atoms with van der Waals surface area (Å²) >= 11 is 0. The molecule has 0 saturated carbocycles. The predicted molar refractivity (Wildman–Crippen MR) is 65.3 cm³/mol. The Balaban J connectivity index is 4.19. The van der Waals surface area contributed by atoms with Crippen molar-refractivity contribution in [3.05, 3.63) is 11.8 Å². The van der Waals surface area contributed by atoms with Crippen LogP contribution in [0.25, 0.3) is 0 Å². The molecule has 0 aliphatic rings. The van der Waals surface area contributed by atoms with Gasteiger partial charge in [-0.2, -0.15) is 0 Å². The molecular formula is C10H24Si2. The third-order valence-corrected chi connectivity index (χ3v) is 6.37. The number of hydrogen-bond acceptors (Lipinski definition) is 0. The summed E-state index contributed by atoms with van der Waals surface area (Å²) in [6.07, 6.45) is 2.46. The Morgan fingerprint density at radius 2 is 1.33 bits per heavy atom. The second-order valence-electron chi connectivity index (χ2n) is 5.88. The predicted octanol–water partition coefficient (Wildman–Crippen LogP) is 4.15. The number of hydrogen-bond donors (Lipinski definition) is 0. The molecule has 0 aromatic rings. The van der Waals surface area contributed by atoms with E-state index in [1.807, 2.05) is 0 Å². The SMILES string of the molecule is CC(/C=C\[Si](C)(C)C)[Si](C)(C)C. The molecule has 0 radical (unpaired) electrons.